The van der Waals surface area contributed by atoms with Gasteiger partial charge in [-0.25, -0.2) is 9.78 Å². The number of aromatic nitrogens is 2. The summed E-state index contributed by atoms with van der Waals surface area (Å²) in [6.07, 6.45) is 4.52. The van der Waals surface area contributed by atoms with E-state index in [1.165, 1.54) is 0 Å². The minimum atomic E-state index is -0.919. The van der Waals surface area contributed by atoms with E-state index in [0.717, 1.165) is 40.0 Å². The van der Waals surface area contributed by atoms with Crippen LogP contribution in [0.5, 0.6) is 5.75 Å². The SMILES string of the molecule is COc1ccnc2c1CC(c1cn(C)c3ccc(C(=O)O)cc13)N2. The van der Waals surface area contributed by atoms with Gasteiger partial charge in [0.1, 0.15) is 11.6 Å². The lowest BCUT2D eigenvalue weighted by atomic mass is 10.0. The number of methoxy groups -OCH3 is 1. The molecule has 6 heteroatoms. The van der Waals surface area contributed by atoms with E-state index in [1.54, 1.807) is 25.4 Å². The Morgan fingerprint density at radius 1 is 1.42 bits per heavy atom. The number of nitrogens with one attached hydrogen (secondary N) is 1. The minimum absolute atomic E-state index is 0.0385. The smallest absolute Gasteiger partial charge is 0.335 e. The number of pyridine rings is 1. The van der Waals surface area contributed by atoms with Gasteiger partial charge in [-0.05, 0) is 24.3 Å². The van der Waals surface area contributed by atoms with Crippen molar-refractivity contribution >= 4 is 22.7 Å². The molecule has 0 amide bonds. The molecule has 1 aliphatic rings. The molecule has 0 aliphatic carbocycles. The van der Waals surface area contributed by atoms with Crippen LogP contribution in [-0.4, -0.2) is 27.7 Å². The molecule has 6 nitrogen and oxygen atoms in total. The molecule has 122 valence electrons. The van der Waals surface area contributed by atoms with Gasteiger partial charge in [0.25, 0.3) is 0 Å². The molecule has 0 spiro atoms. The molecule has 1 aliphatic heterocycles. The highest BCUT2D eigenvalue weighted by atomic mass is 16.5. The van der Waals surface area contributed by atoms with E-state index in [0.29, 0.717) is 5.56 Å². The molecule has 1 atom stereocenters. The van der Waals surface area contributed by atoms with Crippen LogP contribution in [0.4, 0.5) is 5.82 Å². The van der Waals surface area contributed by atoms with Gasteiger partial charge in [0.2, 0.25) is 0 Å². The van der Waals surface area contributed by atoms with Crippen LogP contribution < -0.4 is 10.1 Å². The highest BCUT2D eigenvalue weighted by Gasteiger charge is 2.28. The fourth-order valence-electron chi connectivity index (χ4n) is 3.43. The topological polar surface area (TPSA) is 76.4 Å². The zero-order chi connectivity index (χ0) is 16.8. The summed E-state index contributed by atoms with van der Waals surface area (Å²) in [5.41, 5.74) is 3.42. The Balaban J connectivity index is 1.80. The van der Waals surface area contributed by atoms with Crippen molar-refractivity contribution in [1.29, 1.82) is 0 Å². The van der Waals surface area contributed by atoms with E-state index < -0.39 is 5.97 Å². The van der Waals surface area contributed by atoms with Gasteiger partial charge in [-0.3, -0.25) is 0 Å². The van der Waals surface area contributed by atoms with Crippen molar-refractivity contribution in [2.45, 2.75) is 12.5 Å². The molecular formula is C18H17N3O3. The summed E-state index contributed by atoms with van der Waals surface area (Å²) >= 11 is 0. The number of nitrogens with zero attached hydrogens (tertiary/aromatic N) is 2. The lowest BCUT2D eigenvalue weighted by Crippen LogP contribution is -2.05. The van der Waals surface area contributed by atoms with Gasteiger partial charge in [0.15, 0.2) is 0 Å². The highest BCUT2D eigenvalue weighted by Crippen LogP contribution is 2.40. The first kappa shape index (κ1) is 14.6. The Labute approximate surface area is 138 Å². The van der Waals surface area contributed by atoms with Gasteiger partial charge in [-0.1, -0.05) is 0 Å². The summed E-state index contributed by atoms with van der Waals surface area (Å²) < 4.78 is 7.44. The number of rotatable bonds is 3. The maximum Gasteiger partial charge on any atom is 0.335 e. The summed E-state index contributed by atoms with van der Waals surface area (Å²) in [7, 11) is 3.62. The molecule has 3 heterocycles. The molecular weight excluding hydrogens is 306 g/mol. The third kappa shape index (κ3) is 2.11. The van der Waals surface area contributed by atoms with Gasteiger partial charge in [0.05, 0.1) is 18.7 Å². The van der Waals surface area contributed by atoms with Crippen molar-refractivity contribution in [3.63, 3.8) is 0 Å². The Kier molecular flexibility index (Phi) is 3.19. The Morgan fingerprint density at radius 2 is 2.25 bits per heavy atom. The van der Waals surface area contributed by atoms with Crippen molar-refractivity contribution in [2.24, 2.45) is 7.05 Å². The first-order chi connectivity index (χ1) is 11.6. The second kappa shape index (κ2) is 5.26. The zero-order valence-corrected chi connectivity index (χ0v) is 13.4. The quantitative estimate of drug-likeness (QED) is 0.775. The van der Waals surface area contributed by atoms with Gasteiger partial charge in [-0.15, -0.1) is 0 Å². The second-order valence-corrected chi connectivity index (χ2v) is 5.97. The Morgan fingerprint density at radius 3 is 3.00 bits per heavy atom. The molecule has 24 heavy (non-hydrogen) atoms. The van der Waals surface area contributed by atoms with Gasteiger partial charge >= 0.3 is 5.97 Å². The molecule has 0 bridgehead atoms. The van der Waals surface area contributed by atoms with E-state index in [1.807, 2.05) is 29.9 Å². The normalized spacial score (nSPS) is 16.0. The highest BCUT2D eigenvalue weighted by molar-refractivity contribution is 5.95. The van der Waals surface area contributed by atoms with E-state index in [4.69, 9.17) is 4.74 Å². The molecule has 1 unspecified atom stereocenters. The van der Waals surface area contributed by atoms with Crippen LogP contribution in [0.25, 0.3) is 10.9 Å². The number of carboxylic acids is 1. The molecule has 0 fully saturated rings. The molecule has 1 aromatic carbocycles. The molecule has 3 aromatic rings. The first-order valence-corrected chi connectivity index (χ1v) is 7.69. The number of aromatic carboxylic acids is 1. The number of carboxylic acid groups (broad SMARTS) is 1. The lowest BCUT2D eigenvalue weighted by Gasteiger charge is -2.10. The van der Waals surface area contributed by atoms with Crippen LogP contribution in [0, 0.1) is 0 Å². The minimum Gasteiger partial charge on any atom is -0.496 e. The molecule has 2 N–H and O–H groups in total. The van der Waals surface area contributed by atoms with Crippen LogP contribution in [0.3, 0.4) is 0 Å². The molecule has 2 aromatic heterocycles. The van der Waals surface area contributed by atoms with E-state index >= 15 is 0 Å². The Bertz CT molecular complexity index is 962. The van der Waals surface area contributed by atoms with Crippen molar-refractivity contribution in [1.82, 2.24) is 9.55 Å². The summed E-state index contributed by atoms with van der Waals surface area (Å²) in [4.78, 5) is 15.7. The number of ether oxygens (including phenoxy) is 1. The molecule has 0 saturated heterocycles. The van der Waals surface area contributed by atoms with Crippen LogP contribution in [0.2, 0.25) is 0 Å². The van der Waals surface area contributed by atoms with Gasteiger partial charge in [-0.2, -0.15) is 0 Å². The summed E-state index contributed by atoms with van der Waals surface area (Å²) in [6, 6.07) is 7.12. The standard InChI is InChI=1S/C18H17N3O3/c1-21-9-13(11-7-10(18(22)23)3-4-15(11)21)14-8-12-16(24-2)5-6-19-17(12)20-14/h3-7,9,14H,8H2,1-2H3,(H,19,20)(H,22,23). The molecule has 0 radical (unpaired) electrons. The number of hydrogen-bond acceptors (Lipinski definition) is 4. The summed E-state index contributed by atoms with van der Waals surface area (Å²) in [5, 5.41) is 13.6. The van der Waals surface area contributed by atoms with Crippen molar-refractivity contribution in [3.8, 4) is 5.75 Å². The maximum absolute atomic E-state index is 11.3. The summed E-state index contributed by atoms with van der Waals surface area (Å²) in [6.45, 7) is 0. The lowest BCUT2D eigenvalue weighted by molar-refractivity contribution is 0.0697. The third-order valence-corrected chi connectivity index (χ3v) is 4.59. The van der Waals surface area contributed by atoms with Crippen LogP contribution >= 0.6 is 0 Å². The number of carbonyl (C=O) groups is 1. The van der Waals surface area contributed by atoms with E-state index in [2.05, 4.69) is 10.3 Å². The van der Waals surface area contributed by atoms with Crippen molar-refractivity contribution in [3.05, 3.63) is 53.3 Å². The van der Waals surface area contributed by atoms with E-state index in [-0.39, 0.29) is 6.04 Å². The van der Waals surface area contributed by atoms with Crippen molar-refractivity contribution in [2.75, 3.05) is 12.4 Å². The predicted octanol–water partition coefficient (Wildman–Crippen LogP) is 2.99. The van der Waals surface area contributed by atoms with E-state index in [9.17, 15) is 9.90 Å². The number of anilines is 1. The number of hydrogen-bond donors (Lipinski definition) is 2. The maximum atomic E-state index is 11.3. The molecule has 4 rings (SSSR count). The average molecular weight is 323 g/mol. The fourth-order valence-corrected chi connectivity index (χ4v) is 3.43. The Hall–Kier alpha value is -3.02. The fraction of sp³-hybridized carbons (Fsp3) is 0.222. The zero-order valence-electron chi connectivity index (χ0n) is 13.4. The number of aryl methyl sites for hydroxylation is 1. The first-order valence-electron chi connectivity index (χ1n) is 7.69. The average Bonchev–Trinajstić information content (AvgIpc) is 3.15. The second-order valence-electron chi connectivity index (χ2n) is 5.97. The summed E-state index contributed by atoms with van der Waals surface area (Å²) in [5.74, 6) is 0.727. The van der Waals surface area contributed by atoms with Crippen molar-refractivity contribution < 1.29 is 14.6 Å². The monoisotopic (exact) mass is 323 g/mol. The van der Waals surface area contributed by atoms with Gasteiger partial charge in [0, 0.05) is 47.9 Å². The van der Waals surface area contributed by atoms with Gasteiger partial charge < -0.3 is 19.7 Å². The van der Waals surface area contributed by atoms with Crippen LogP contribution in [0.15, 0.2) is 36.7 Å². The third-order valence-electron chi connectivity index (χ3n) is 4.59. The van der Waals surface area contributed by atoms with Crippen LogP contribution in [0.1, 0.15) is 27.5 Å². The number of benzene rings is 1. The largest absolute Gasteiger partial charge is 0.496 e. The van der Waals surface area contributed by atoms with Crippen LogP contribution in [-0.2, 0) is 13.5 Å². The molecule has 0 saturated carbocycles. The predicted molar refractivity (Wildman–Crippen MR) is 90.7 cm³/mol. The number of fused-ring (bicyclic) bond motifs is 2.